The lowest BCUT2D eigenvalue weighted by molar-refractivity contribution is -0.873. The van der Waals surface area contributed by atoms with Crippen molar-refractivity contribution in [2.45, 2.75) is 50.7 Å². The van der Waals surface area contributed by atoms with Gasteiger partial charge in [-0.3, -0.25) is 14.4 Å². The lowest BCUT2D eigenvalue weighted by Crippen LogP contribution is -2.43. The zero-order valence-corrected chi connectivity index (χ0v) is 20.2. The summed E-state index contributed by atoms with van der Waals surface area (Å²) in [5.41, 5.74) is 0. The molecule has 10 heteroatoms. The quantitative estimate of drug-likeness (QED) is 0.153. The molecule has 0 fully saturated rings. The number of carbonyl (C=O) groups is 4. The van der Waals surface area contributed by atoms with Crippen molar-refractivity contribution in [2.24, 2.45) is 0 Å². The molecular formula is C22H40N2O8+2. The second-order valence-electron chi connectivity index (χ2n) is 9.96. The van der Waals surface area contributed by atoms with Crippen molar-refractivity contribution in [2.75, 3.05) is 55.4 Å². The van der Waals surface area contributed by atoms with E-state index in [1.807, 2.05) is 42.3 Å². The molecule has 0 aliphatic heterocycles. The third-order valence-electron chi connectivity index (χ3n) is 4.14. The number of carbonyl (C=O) groups excluding carboxylic acids is 2. The SMILES string of the molecule is C[N+](C)(C)CC(CC(=O)O)OC(=O)C=CCCCCC(=O)OC(CC(=O)O)C[N+](C)(C)C. The molecule has 0 bridgehead atoms. The van der Waals surface area contributed by atoms with E-state index in [4.69, 9.17) is 19.7 Å². The van der Waals surface area contributed by atoms with Crippen LogP contribution in [0.15, 0.2) is 12.2 Å². The largest absolute Gasteiger partial charge is 0.481 e. The Morgan fingerprint density at radius 3 is 1.69 bits per heavy atom. The van der Waals surface area contributed by atoms with Crippen molar-refractivity contribution in [1.29, 1.82) is 0 Å². The van der Waals surface area contributed by atoms with Crippen LogP contribution in [0, 0.1) is 0 Å². The maximum atomic E-state index is 12.0. The van der Waals surface area contributed by atoms with E-state index in [1.165, 1.54) is 6.08 Å². The Bertz CT molecular complexity index is 662. The van der Waals surface area contributed by atoms with Gasteiger partial charge in [0.15, 0.2) is 12.2 Å². The van der Waals surface area contributed by atoms with Gasteiger partial charge in [0.2, 0.25) is 0 Å². The van der Waals surface area contributed by atoms with Gasteiger partial charge in [-0.05, 0) is 19.3 Å². The maximum Gasteiger partial charge on any atom is 0.330 e. The fraction of sp³-hybridized carbons (Fsp3) is 0.727. The summed E-state index contributed by atoms with van der Waals surface area (Å²) < 4.78 is 11.5. The Morgan fingerprint density at radius 1 is 0.781 bits per heavy atom. The number of nitrogens with zero attached hydrogens (tertiary/aromatic N) is 2. The van der Waals surface area contributed by atoms with Crippen LogP contribution in [0.2, 0.25) is 0 Å². The molecule has 0 aromatic heterocycles. The number of rotatable bonds is 16. The number of carboxylic acid groups (broad SMARTS) is 2. The molecule has 184 valence electrons. The molecule has 0 aromatic carbocycles. The van der Waals surface area contributed by atoms with Crippen LogP contribution < -0.4 is 0 Å². The lowest BCUT2D eigenvalue weighted by atomic mass is 10.2. The van der Waals surface area contributed by atoms with Gasteiger partial charge in [0.1, 0.15) is 13.1 Å². The number of aliphatic carboxylic acids is 2. The molecule has 0 aromatic rings. The van der Waals surface area contributed by atoms with Gasteiger partial charge in [-0.2, -0.15) is 0 Å². The first-order chi connectivity index (χ1) is 14.6. The molecule has 2 atom stereocenters. The first-order valence-corrected chi connectivity index (χ1v) is 10.7. The average Bonchev–Trinajstić information content (AvgIpc) is 2.53. The van der Waals surface area contributed by atoms with Crippen LogP contribution in [0.1, 0.15) is 38.5 Å². The molecular weight excluding hydrogens is 420 g/mol. The highest BCUT2D eigenvalue weighted by atomic mass is 16.5. The topological polar surface area (TPSA) is 127 Å². The van der Waals surface area contributed by atoms with Crippen LogP contribution in [-0.4, -0.2) is 111 Å². The average molecular weight is 461 g/mol. The molecule has 0 saturated carbocycles. The van der Waals surface area contributed by atoms with Gasteiger partial charge < -0.3 is 28.7 Å². The summed E-state index contributed by atoms with van der Waals surface area (Å²) in [6.45, 7) is 0.783. The van der Waals surface area contributed by atoms with Crippen LogP contribution in [0.3, 0.4) is 0 Å². The first kappa shape index (κ1) is 29.5. The smallest absolute Gasteiger partial charge is 0.330 e. The van der Waals surface area contributed by atoms with E-state index >= 15 is 0 Å². The molecule has 0 radical (unpaired) electrons. The molecule has 2 N–H and O–H groups in total. The summed E-state index contributed by atoms with van der Waals surface area (Å²) in [5, 5.41) is 18.0. The van der Waals surface area contributed by atoms with Gasteiger partial charge in [0.25, 0.3) is 0 Å². The minimum Gasteiger partial charge on any atom is -0.481 e. The predicted molar refractivity (Wildman–Crippen MR) is 118 cm³/mol. The zero-order valence-electron chi connectivity index (χ0n) is 20.2. The van der Waals surface area contributed by atoms with Crippen molar-refractivity contribution in [3.63, 3.8) is 0 Å². The predicted octanol–water partition coefficient (Wildman–Crippen LogP) is 1.29. The number of esters is 2. The number of ether oxygens (including phenoxy) is 2. The number of quaternary nitrogens is 2. The maximum absolute atomic E-state index is 12.0. The molecule has 0 saturated heterocycles. The summed E-state index contributed by atoms with van der Waals surface area (Å²) >= 11 is 0. The monoisotopic (exact) mass is 460 g/mol. The molecule has 32 heavy (non-hydrogen) atoms. The molecule has 0 spiro atoms. The van der Waals surface area contributed by atoms with Crippen LogP contribution >= 0.6 is 0 Å². The third-order valence-corrected chi connectivity index (χ3v) is 4.14. The number of carboxylic acids is 2. The summed E-state index contributed by atoms with van der Waals surface area (Å²) in [6.07, 6.45) is 2.88. The van der Waals surface area contributed by atoms with Crippen molar-refractivity contribution < 1.29 is 47.8 Å². The van der Waals surface area contributed by atoms with Crippen LogP contribution in [0.5, 0.6) is 0 Å². The normalized spacial score (nSPS) is 14.1. The van der Waals surface area contributed by atoms with Crippen molar-refractivity contribution in [3.05, 3.63) is 12.2 Å². The zero-order chi connectivity index (χ0) is 24.9. The van der Waals surface area contributed by atoms with Gasteiger partial charge in [-0.25, -0.2) is 4.79 Å². The highest BCUT2D eigenvalue weighted by Crippen LogP contribution is 2.10. The van der Waals surface area contributed by atoms with E-state index in [1.54, 1.807) is 6.08 Å². The third kappa shape index (κ3) is 18.3. The van der Waals surface area contributed by atoms with E-state index in [0.29, 0.717) is 41.3 Å². The Morgan fingerprint density at radius 2 is 1.25 bits per heavy atom. The Kier molecular flexibility index (Phi) is 12.8. The van der Waals surface area contributed by atoms with Gasteiger partial charge in [0, 0.05) is 12.5 Å². The summed E-state index contributed by atoms with van der Waals surface area (Å²) in [5.74, 6) is -3.08. The molecule has 10 nitrogen and oxygen atoms in total. The van der Waals surface area contributed by atoms with E-state index in [9.17, 15) is 19.2 Å². The van der Waals surface area contributed by atoms with Crippen molar-refractivity contribution >= 4 is 23.9 Å². The summed E-state index contributed by atoms with van der Waals surface area (Å²) in [6, 6.07) is 0. The fourth-order valence-corrected chi connectivity index (χ4v) is 3.06. The van der Waals surface area contributed by atoms with Crippen molar-refractivity contribution in [1.82, 2.24) is 0 Å². The molecule has 0 aliphatic carbocycles. The van der Waals surface area contributed by atoms with Crippen LogP contribution in [0.25, 0.3) is 0 Å². The number of hydrogen-bond acceptors (Lipinski definition) is 6. The number of unbranched alkanes of at least 4 members (excludes halogenated alkanes) is 2. The van der Waals surface area contributed by atoms with Gasteiger partial charge >= 0.3 is 23.9 Å². The summed E-state index contributed by atoms with van der Waals surface area (Å²) in [7, 11) is 11.3. The highest BCUT2D eigenvalue weighted by molar-refractivity contribution is 5.82. The lowest BCUT2D eigenvalue weighted by Gasteiger charge is -2.28. The van der Waals surface area contributed by atoms with Gasteiger partial charge in [0.05, 0.1) is 55.1 Å². The first-order valence-electron chi connectivity index (χ1n) is 10.7. The Hall–Kier alpha value is -2.46. The number of likely N-dealkylation sites (N-methyl/N-ethyl adjacent to an activating group) is 2. The van der Waals surface area contributed by atoms with E-state index in [0.717, 1.165) is 0 Å². The second kappa shape index (κ2) is 13.8. The number of allylic oxidation sites excluding steroid dienone is 1. The van der Waals surface area contributed by atoms with Crippen LogP contribution in [0.4, 0.5) is 0 Å². The molecule has 0 rings (SSSR count). The minimum absolute atomic E-state index is 0.162. The second-order valence-corrected chi connectivity index (χ2v) is 9.96. The molecule has 0 aliphatic rings. The summed E-state index contributed by atoms with van der Waals surface area (Å²) in [4.78, 5) is 45.9. The highest BCUT2D eigenvalue weighted by Gasteiger charge is 2.25. The van der Waals surface area contributed by atoms with Gasteiger partial charge in [-0.1, -0.05) is 6.08 Å². The van der Waals surface area contributed by atoms with Gasteiger partial charge in [-0.15, -0.1) is 0 Å². The van der Waals surface area contributed by atoms with Crippen LogP contribution in [-0.2, 0) is 28.7 Å². The van der Waals surface area contributed by atoms with E-state index in [2.05, 4.69) is 0 Å². The minimum atomic E-state index is -1.03. The van der Waals surface area contributed by atoms with E-state index in [-0.39, 0.29) is 19.3 Å². The molecule has 2 unspecified atom stereocenters. The molecule has 0 heterocycles. The fourth-order valence-electron chi connectivity index (χ4n) is 3.06. The standard InChI is InChI=1S/C22H38N2O8/c1-23(2,3)15-17(13-19(25)26)31-21(29)11-9-7-8-10-12-22(30)32-18(14-20(27)28)16-24(4,5)6/h9,11,17-18H,7-8,10,12-16H2,1-6H3/p+2. The Labute approximate surface area is 190 Å². The van der Waals surface area contributed by atoms with E-state index < -0.39 is 36.1 Å². The van der Waals surface area contributed by atoms with Crippen molar-refractivity contribution in [3.8, 4) is 0 Å². The molecule has 0 amide bonds. The Balaban J connectivity index is 4.36. The number of hydrogen-bond donors (Lipinski definition) is 2.